The van der Waals surface area contributed by atoms with Gasteiger partial charge in [0, 0.05) is 37.8 Å². The lowest BCUT2D eigenvalue weighted by atomic mass is 10.0. The molecule has 0 unspecified atom stereocenters. The number of carbonyl (C=O) groups excluding carboxylic acids is 1. The Morgan fingerprint density at radius 3 is 2.21 bits per heavy atom. The van der Waals surface area contributed by atoms with Crippen molar-refractivity contribution < 1.29 is 4.79 Å². The van der Waals surface area contributed by atoms with Gasteiger partial charge < -0.3 is 4.90 Å². The lowest BCUT2D eigenvalue weighted by Gasteiger charge is -2.37. The summed E-state index contributed by atoms with van der Waals surface area (Å²) in [6, 6.07) is 5.15. The van der Waals surface area contributed by atoms with Crippen LogP contribution < -0.4 is 0 Å². The highest BCUT2D eigenvalue weighted by molar-refractivity contribution is 7.17. The maximum absolute atomic E-state index is 13.2. The second-order valence-electron chi connectivity index (χ2n) is 8.47. The number of nitrogens with zero attached hydrogens (tertiary/aromatic N) is 3. The second-order valence-corrected chi connectivity index (χ2v) is 9.47. The molecule has 1 aromatic heterocycles. The molecule has 4 nitrogen and oxygen atoms in total. The van der Waals surface area contributed by atoms with Gasteiger partial charge in [0.25, 0.3) is 5.91 Å². The fourth-order valence-electron chi connectivity index (χ4n) is 4.92. The van der Waals surface area contributed by atoms with Gasteiger partial charge in [0.2, 0.25) is 0 Å². The molecule has 0 spiro atoms. The van der Waals surface area contributed by atoms with Crippen LogP contribution in [0.2, 0.25) is 0 Å². The van der Waals surface area contributed by atoms with E-state index in [4.69, 9.17) is 4.98 Å². The van der Waals surface area contributed by atoms with Crippen molar-refractivity contribution in [2.75, 3.05) is 26.2 Å². The Morgan fingerprint density at radius 1 is 1.00 bits per heavy atom. The Bertz CT molecular complexity index is 851. The van der Waals surface area contributed by atoms with Crippen LogP contribution in [-0.2, 0) is 0 Å². The van der Waals surface area contributed by atoms with Crippen molar-refractivity contribution in [3.8, 4) is 10.6 Å². The van der Waals surface area contributed by atoms with Crippen LogP contribution in [0.15, 0.2) is 12.1 Å². The highest BCUT2D eigenvalue weighted by Gasteiger charge is 2.30. The van der Waals surface area contributed by atoms with Crippen molar-refractivity contribution in [3.05, 3.63) is 39.4 Å². The third-order valence-corrected chi connectivity index (χ3v) is 7.49. The van der Waals surface area contributed by atoms with Crippen molar-refractivity contribution in [2.24, 2.45) is 0 Å². The number of hydrogen-bond acceptors (Lipinski definition) is 4. The summed E-state index contributed by atoms with van der Waals surface area (Å²) in [6.45, 7) is 12.1. The zero-order valence-electron chi connectivity index (χ0n) is 17.5. The minimum atomic E-state index is 0.162. The van der Waals surface area contributed by atoms with Gasteiger partial charge in [-0.2, -0.15) is 0 Å². The van der Waals surface area contributed by atoms with Crippen LogP contribution in [0.1, 0.15) is 57.7 Å². The molecule has 0 radical (unpaired) electrons. The highest BCUT2D eigenvalue weighted by atomic mass is 32.1. The van der Waals surface area contributed by atoms with Crippen LogP contribution in [0.3, 0.4) is 0 Å². The first-order chi connectivity index (χ1) is 13.4. The van der Waals surface area contributed by atoms with Gasteiger partial charge in [0.15, 0.2) is 0 Å². The summed E-state index contributed by atoms with van der Waals surface area (Å²) >= 11 is 1.56. The van der Waals surface area contributed by atoms with E-state index in [9.17, 15) is 4.79 Å². The number of hydrogen-bond donors (Lipinski definition) is 0. The molecule has 0 N–H and O–H groups in total. The standard InChI is InChI=1S/C23H31N3OS/c1-15-13-16(2)20(17(3)14-15)22-24-18(4)21(28-22)23(27)26-11-9-25(10-12-26)19-7-5-6-8-19/h13-14,19H,5-12H2,1-4H3. The average Bonchev–Trinajstić information content (AvgIpc) is 3.31. The summed E-state index contributed by atoms with van der Waals surface area (Å²) in [4.78, 5) is 23.4. The Kier molecular flexibility index (Phi) is 5.57. The minimum absolute atomic E-state index is 0.162. The van der Waals surface area contributed by atoms with E-state index in [2.05, 4.69) is 37.8 Å². The predicted molar refractivity (Wildman–Crippen MR) is 116 cm³/mol. The number of carbonyl (C=O) groups is 1. The van der Waals surface area contributed by atoms with Gasteiger partial charge in [-0.25, -0.2) is 4.98 Å². The number of aromatic nitrogens is 1. The molecule has 0 bridgehead atoms. The average molecular weight is 398 g/mol. The van der Waals surface area contributed by atoms with Gasteiger partial charge in [-0.3, -0.25) is 9.69 Å². The van der Waals surface area contributed by atoms with E-state index in [1.54, 1.807) is 11.3 Å². The molecule has 5 heteroatoms. The Morgan fingerprint density at radius 2 is 1.61 bits per heavy atom. The maximum atomic E-state index is 13.2. The predicted octanol–water partition coefficient (Wildman–Crippen LogP) is 4.74. The molecule has 1 saturated carbocycles. The lowest BCUT2D eigenvalue weighted by Crippen LogP contribution is -2.51. The number of aryl methyl sites for hydroxylation is 4. The Labute approximate surface area is 172 Å². The quantitative estimate of drug-likeness (QED) is 0.750. The van der Waals surface area contributed by atoms with Crippen molar-refractivity contribution in [1.29, 1.82) is 0 Å². The summed E-state index contributed by atoms with van der Waals surface area (Å²) in [6.07, 6.45) is 5.40. The molecule has 2 heterocycles. The maximum Gasteiger partial charge on any atom is 0.265 e. The van der Waals surface area contributed by atoms with Crippen LogP contribution in [0.25, 0.3) is 10.6 Å². The topological polar surface area (TPSA) is 36.4 Å². The van der Waals surface area contributed by atoms with Gasteiger partial charge in [-0.1, -0.05) is 30.5 Å². The number of thiazole rings is 1. The van der Waals surface area contributed by atoms with Gasteiger partial charge in [-0.15, -0.1) is 11.3 Å². The number of benzene rings is 1. The van der Waals surface area contributed by atoms with E-state index in [1.807, 2.05) is 11.8 Å². The van der Waals surface area contributed by atoms with E-state index >= 15 is 0 Å². The van der Waals surface area contributed by atoms with Gasteiger partial charge in [0.1, 0.15) is 9.88 Å². The van der Waals surface area contributed by atoms with Crippen LogP contribution >= 0.6 is 11.3 Å². The van der Waals surface area contributed by atoms with Crippen molar-refractivity contribution >= 4 is 17.2 Å². The molecule has 0 atom stereocenters. The lowest BCUT2D eigenvalue weighted by molar-refractivity contribution is 0.0577. The smallest absolute Gasteiger partial charge is 0.265 e. The van der Waals surface area contributed by atoms with E-state index in [1.165, 1.54) is 47.9 Å². The fraction of sp³-hybridized carbons (Fsp3) is 0.565. The zero-order chi connectivity index (χ0) is 19.8. The largest absolute Gasteiger partial charge is 0.335 e. The summed E-state index contributed by atoms with van der Waals surface area (Å²) in [5.41, 5.74) is 5.78. The molecule has 1 aromatic carbocycles. The van der Waals surface area contributed by atoms with E-state index in [-0.39, 0.29) is 5.91 Å². The zero-order valence-corrected chi connectivity index (χ0v) is 18.4. The van der Waals surface area contributed by atoms with Gasteiger partial charge in [-0.05, 0) is 51.7 Å². The SMILES string of the molecule is Cc1cc(C)c(-c2nc(C)c(C(=O)N3CCN(C4CCCC4)CC3)s2)c(C)c1. The molecule has 2 fully saturated rings. The molecule has 4 rings (SSSR count). The van der Waals surface area contributed by atoms with E-state index in [0.717, 1.165) is 47.8 Å². The van der Waals surface area contributed by atoms with Gasteiger partial charge >= 0.3 is 0 Å². The molecule has 1 aliphatic carbocycles. The minimum Gasteiger partial charge on any atom is -0.335 e. The molecule has 2 aliphatic rings. The van der Waals surface area contributed by atoms with Crippen LogP contribution in [0.4, 0.5) is 0 Å². The fourth-order valence-corrected chi connectivity index (χ4v) is 6.13. The summed E-state index contributed by atoms with van der Waals surface area (Å²) in [5, 5.41) is 0.973. The molecule has 150 valence electrons. The number of piperazine rings is 1. The summed E-state index contributed by atoms with van der Waals surface area (Å²) in [5.74, 6) is 0.162. The monoisotopic (exact) mass is 397 g/mol. The summed E-state index contributed by atoms with van der Waals surface area (Å²) < 4.78 is 0. The summed E-state index contributed by atoms with van der Waals surface area (Å²) in [7, 11) is 0. The Hall–Kier alpha value is -1.72. The molecule has 1 amide bonds. The second kappa shape index (κ2) is 7.96. The van der Waals surface area contributed by atoms with Crippen LogP contribution in [-0.4, -0.2) is 52.9 Å². The first kappa shape index (κ1) is 19.6. The molecule has 1 saturated heterocycles. The molecule has 28 heavy (non-hydrogen) atoms. The van der Waals surface area contributed by atoms with Crippen molar-refractivity contribution in [2.45, 2.75) is 59.4 Å². The molecule has 2 aromatic rings. The molecule has 1 aliphatic heterocycles. The molecular formula is C23H31N3OS. The normalized spacial score (nSPS) is 18.8. The van der Waals surface area contributed by atoms with Crippen LogP contribution in [0, 0.1) is 27.7 Å². The third-order valence-electron chi connectivity index (χ3n) is 6.32. The van der Waals surface area contributed by atoms with E-state index in [0.29, 0.717) is 0 Å². The van der Waals surface area contributed by atoms with Crippen molar-refractivity contribution in [1.82, 2.24) is 14.8 Å². The number of rotatable bonds is 3. The third kappa shape index (κ3) is 3.74. The first-order valence-electron chi connectivity index (χ1n) is 10.5. The number of amides is 1. The Balaban J connectivity index is 1.50. The first-order valence-corrected chi connectivity index (χ1v) is 11.3. The van der Waals surface area contributed by atoms with Crippen molar-refractivity contribution in [3.63, 3.8) is 0 Å². The molecular weight excluding hydrogens is 366 g/mol. The highest BCUT2D eigenvalue weighted by Crippen LogP contribution is 2.34. The van der Waals surface area contributed by atoms with E-state index < -0.39 is 0 Å². The van der Waals surface area contributed by atoms with Crippen LogP contribution in [0.5, 0.6) is 0 Å². The van der Waals surface area contributed by atoms with Gasteiger partial charge in [0.05, 0.1) is 5.69 Å².